The Kier molecular flexibility index (Phi) is 19.3. The number of nitrogens with one attached hydrogen (secondary N) is 3. The number of rotatable bonds is 22. The minimum atomic E-state index is -5.77. The Morgan fingerprint density at radius 3 is 2.42 bits per heavy atom. The third-order valence-electron chi connectivity index (χ3n) is 10.5. The van der Waals surface area contributed by atoms with Gasteiger partial charge in [0.1, 0.15) is 43.6 Å². The lowest BCUT2D eigenvalue weighted by molar-refractivity contribution is -0.120. The second-order valence-electron chi connectivity index (χ2n) is 16.3. The molecular formula is C42H52N8O17P3S3+. The van der Waals surface area contributed by atoms with Crippen LogP contribution in [0.1, 0.15) is 35.0 Å². The number of hydrogen-bond donors (Lipinski definition) is 10. The number of nitrogen functional groups attached to an aromatic ring is 1. The van der Waals surface area contributed by atoms with E-state index in [1.165, 1.54) is 33.9 Å². The Labute approximate surface area is 429 Å². The van der Waals surface area contributed by atoms with Crippen LogP contribution in [0.4, 0.5) is 17.2 Å². The molecule has 11 N–H and O–H groups in total. The van der Waals surface area contributed by atoms with Gasteiger partial charge in [0.05, 0.1) is 24.3 Å². The van der Waals surface area contributed by atoms with Crippen LogP contribution in [-0.2, 0) is 36.4 Å². The number of benzene rings is 3. The average Bonchev–Trinajstić information content (AvgIpc) is 3.67. The molecule has 1 aliphatic carbocycles. The van der Waals surface area contributed by atoms with Crippen molar-refractivity contribution in [2.45, 2.75) is 31.3 Å². The van der Waals surface area contributed by atoms with Gasteiger partial charge in [-0.1, -0.05) is 39.8 Å². The highest BCUT2D eigenvalue weighted by Crippen LogP contribution is 2.66. The van der Waals surface area contributed by atoms with E-state index >= 15 is 0 Å². The smallest absolute Gasteiger partial charge is 0.478 e. The van der Waals surface area contributed by atoms with Gasteiger partial charge < -0.3 is 65.5 Å². The number of carboxylic acid groups (broad SMARTS) is 1. The van der Waals surface area contributed by atoms with Crippen LogP contribution in [0.25, 0.3) is 39.5 Å². The van der Waals surface area contributed by atoms with Crippen molar-refractivity contribution in [2.75, 3.05) is 75.3 Å². The molecule has 1 saturated heterocycles. The molecule has 0 bridgehead atoms. The maximum Gasteiger partial charge on any atom is 0.490 e. The molecule has 1 fully saturated rings. The summed E-state index contributed by atoms with van der Waals surface area (Å²) in [5.74, 6) is 0.233. The summed E-state index contributed by atoms with van der Waals surface area (Å²) in [5.41, 5.74) is 9.40. The first-order valence-electron chi connectivity index (χ1n) is 21.6. The number of anilines is 3. The van der Waals surface area contributed by atoms with Gasteiger partial charge in [0, 0.05) is 103 Å². The summed E-state index contributed by atoms with van der Waals surface area (Å²) >= 11 is 5.52. The number of aromatic nitrogens is 2. The van der Waals surface area contributed by atoms with Gasteiger partial charge in [-0.05, 0) is 48.1 Å². The zero-order valence-electron chi connectivity index (χ0n) is 39.2. The Bertz CT molecular complexity index is 3170. The third kappa shape index (κ3) is 16.0. The summed E-state index contributed by atoms with van der Waals surface area (Å²) in [5, 5.41) is 31.8. The molecule has 3 aromatic rings. The van der Waals surface area contributed by atoms with Gasteiger partial charge in [-0.15, -0.1) is 0 Å². The van der Waals surface area contributed by atoms with Crippen LogP contribution in [-0.4, -0.2) is 128 Å². The lowest BCUT2D eigenvalue weighted by Gasteiger charge is -2.19. The second-order valence-corrected chi connectivity index (χ2v) is 23.8. The van der Waals surface area contributed by atoms with Crippen LogP contribution in [0.15, 0.2) is 76.1 Å². The van der Waals surface area contributed by atoms with Crippen molar-refractivity contribution in [1.29, 1.82) is 0 Å². The Morgan fingerprint density at radius 1 is 1.00 bits per heavy atom. The van der Waals surface area contributed by atoms with E-state index in [9.17, 15) is 48.1 Å². The van der Waals surface area contributed by atoms with Crippen molar-refractivity contribution in [3.63, 3.8) is 0 Å². The fourth-order valence-electron chi connectivity index (χ4n) is 7.15. The van der Waals surface area contributed by atoms with Gasteiger partial charge in [0.25, 0.3) is 0 Å². The SMILES string of the molecule is CN(C)c1ccc2c(-c3ccc(NC(=S)NCCSSCCC(=O)NC/C=C/c4cn([C@H]5C[C@H](O)[C@@H](COP(=O)(O)OP(=O)(O)OP(=O)(O)O)O5)c(=O)nc4N)cc3C(=O)O)c3ccc(=[N+](C)C)cc-3oc2c1. The summed E-state index contributed by atoms with van der Waals surface area (Å²) in [6.07, 6.45) is 0.283. The van der Waals surface area contributed by atoms with Crippen molar-refractivity contribution in [1.82, 2.24) is 24.8 Å². The Hall–Kier alpha value is -4.99. The molecule has 73 heavy (non-hydrogen) atoms. The summed E-state index contributed by atoms with van der Waals surface area (Å²) in [4.78, 5) is 80.1. The van der Waals surface area contributed by atoms with E-state index in [0.29, 0.717) is 45.8 Å². The van der Waals surface area contributed by atoms with E-state index in [-0.39, 0.29) is 42.2 Å². The van der Waals surface area contributed by atoms with Crippen molar-refractivity contribution < 1.29 is 75.4 Å². The lowest BCUT2D eigenvalue weighted by Crippen LogP contribution is -2.30. The molecular weight excluding hydrogens is 1080 g/mol. The number of aromatic carboxylic acids is 1. The molecule has 3 aliphatic rings. The van der Waals surface area contributed by atoms with Crippen molar-refractivity contribution in [3.8, 4) is 22.5 Å². The van der Waals surface area contributed by atoms with Crippen molar-refractivity contribution >= 4 is 109 Å². The highest BCUT2D eigenvalue weighted by atomic mass is 33.1. The number of phosphoric acid groups is 3. The van der Waals surface area contributed by atoms with E-state index in [1.54, 1.807) is 24.3 Å². The fraction of sp³-hybridized carbons (Fsp3) is 0.333. The number of carboxylic acids is 1. The van der Waals surface area contributed by atoms with Gasteiger partial charge >= 0.3 is 35.1 Å². The van der Waals surface area contributed by atoms with Gasteiger partial charge in [0.15, 0.2) is 5.11 Å². The van der Waals surface area contributed by atoms with E-state index in [4.69, 9.17) is 36.9 Å². The number of aliphatic hydroxyl groups excluding tert-OH is 1. The fourth-order valence-corrected chi connectivity index (χ4v) is 12.3. The average molecular weight is 1130 g/mol. The second kappa shape index (κ2) is 24.6. The number of hydrogen-bond acceptors (Lipinski definition) is 18. The molecule has 2 aliphatic heterocycles. The third-order valence-corrected chi connectivity index (χ3v) is 17.0. The van der Waals surface area contributed by atoms with Gasteiger partial charge in [-0.2, -0.15) is 13.6 Å². The Balaban J connectivity index is 0.934. The standard InChI is InChI=1S/C42H51N8O17P3S3/c1-48(2)26-8-11-29-33(19-26)64-34-20-27(49(3)4)9-12-30(34)38(29)28-10-7-25(18-31(28)40(53)54)46-41(71)45-15-17-73-72-16-13-36(52)44-14-5-6-24-22-50(42(55)47-39(24)43)37-21-32(51)35(65-37)23-63-69(59,60)67-70(61,62)66-68(56,57)58/h5-12,18-20,22,32,35,37,51H,13-17,21,23H2,1-4H3,(H9,43,44,45,47,52,53,54,55,56,57,58,59,60,61,62,71)/p+1/b6-5+/t32-,35+,37+/m0/s1. The first kappa shape index (κ1) is 57.3. The van der Waals surface area contributed by atoms with Crippen LogP contribution in [0.3, 0.4) is 0 Å². The number of ether oxygens (including phenoxy) is 1. The minimum Gasteiger partial charge on any atom is -0.478 e. The molecule has 1 amide bonds. The number of nitrogens with zero attached hydrogens (tertiary/aromatic N) is 4. The number of aliphatic hydroxyl groups is 1. The Morgan fingerprint density at radius 2 is 1.73 bits per heavy atom. The zero-order chi connectivity index (χ0) is 53.4. The van der Waals surface area contributed by atoms with Crippen LogP contribution in [0.2, 0.25) is 0 Å². The molecule has 2 unspecified atom stereocenters. The number of carbonyl (C=O) groups excluding carboxylic acids is 1. The highest BCUT2D eigenvalue weighted by Gasteiger charge is 2.43. The lowest BCUT2D eigenvalue weighted by atomic mass is 9.90. The van der Waals surface area contributed by atoms with Crippen molar-refractivity contribution in [3.05, 3.63) is 93.8 Å². The molecule has 2 aromatic carbocycles. The number of thiocarbonyl (C=S) groups is 1. The number of phosphoric ester groups is 1. The maximum absolute atomic E-state index is 12.8. The molecule has 1 aromatic heterocycles. The molecule has 3 heterocycles. The number of nitrogens with two attached hydrogens (primary N) is 1. The predicted molar refractivity (Wildman–Crippen MR) is 280 cm³/mol. The molecule has 394 valence electrons. The summed E-state index contributed by atoms with van der Waals surface area (Å²) in [7, 11) is -6.13. The first-order valence-corrected chi connectivity index (χ1v) is 29.0. The van der Waals surface area contributed by atoms with Crippen LogP contribution < -0.4 is 42.2 Å². The molecule has 0 radical (unpaired) electrons. The number of fused-ring (bicyclic) bond motifs is 2. The maximum atomic E-state index is 12.8. The normalized spacial score (nSPS) is 17.6. The topological polar surface area (TPSA) is 360 Å². The molecule has 0 spiro atoms. The van der Waals surface area contributed by atoms with Crippen LogP contribution in [0, 0.1) is 0 Å². The molecule has 6 rings (SSSR count). The number of amides is 1. The van der Waals surface area contributed by atoms with E-state index in [0.717, 1.165) is 32.1 Å². The summed E-state index contributed by atoms with van der Waals surface area (Å²) < 4.78 is 61.3. The van der Waals surface area contributed by atoms with Gasteiger partial charge in [-0.25, -0.2) is 27.9 Å². The van der Waals surface area contributed by atoms with Crippen LogP contribution in [0.5, 0.6) is 0 Å². The highest BCUT2D eigenvalue weighted by molar-refractivity contribution is 8.76. The monoisotopic (exact) mass is 1130 g/mol. The molecule has 5 atom stereocenters. The van der Waals surface area contributed by atoms with Gasteiger partial charge in [-0.3, -0.25) is 13.9 Å². The minimum absolute atomic E-state index is 0.0765. The van der Waals surface area contributed by atoms with Crippen LogP contribution >= 0.6 is 57.3 Å². The molecule has 25 nitrogen and oxygen atoms in total. The van der Waals surface area contributed by atoms with E-state index in [2.05, 4.69) is 34.1 Å². The quantitative estimate of drug-likeness (QED) is 0.0117. The zero-order valence-corrected chi connectivity index (χ0v) is 44.3. The first-order chi connectivity index (χ1) is 34.3. The molecule has 31 heteroatoms. The summed E-state index contributed by atoms with van der Waals surface area (Å²) in [6, 6.07) is 16.8. The van der Waals surface area contributed by atoms with E-state index < -0.39 is 60.2 Å². The molecule has 0 saturated carbocycles. The van der Waals surface area contributed by atoms with Gasteiger partial charge in [0.2, 0.25) is 11.3 Å². The van der Waals surface area contributed by atoms with E-state index in [1.807, 2.05) is 74.1 Å². The summed E-state index contributed by atoms with van der Waals surface area (Å²) in [6.45, 7) is -0.369. The van der Waals surface area contributed by atoms with Crippen molar-refractivity contribution in [2.24, 2.45) is 0 Å². The largest absolute Gasteiger partial charge is 0.490 e. The number of carbonyl (C=O) groups is 2. The predicted octanol–water partition coefficient (Wildman–Crippen LogP) is 4.02.